The van der Waals surface area contributed by atoms with Crippen molar-refractivity contribution in [3.8, 4) is 17.0 Å². The van der Waals surface area contributed by atoms with Crippen molar-refractivity contribution in [3.05, 3.63) is 40.0 Å². The number of benzene rings is 1. The second-order valence-electron chi connectivity index (χ2n) is 4.09. The van der Waals surface area contributed by atoms with Crippen LogP contribution < -0.4 is 10.5 Å². The number of aromatic nitrogens is 1. The quantitative estimate of drug-likeness (QED) is 0.916. The number of aryl methyl sites for hydroxylation is 1. The van der Waals surface area contributed by atoms with Gasteiger partial charge in [0, 0.05) is 17.8 Å². The molecule has 0 aliphatic rings. The third kappa shape index (κ3) is 2.77. The molecule has 0 atom stereocenters. The molecule has 3 nitrogen and oxygen atoms in total. The molecule has 0 fully saturated rings. The number of nitrogen functional groups attached to an aromatic ring is 1. The van der Waals surface area contributed by atoms with Gasteiger partial charge in [0.15, 0.2) is 0 Å². The Bertz CT molecular complexity index is 615. The summed E-state index contributed by atoms with van der Waals surface area (Å²) < 4.78 is 5.39. The van der Waals surface area contributed by atoms with E-state index in [-0.39, 0.29) is 0 Å². The number of halogens is 2. The number of pyridine rings is 1. The van der Waals surface area contributed by atoms with Crippen LogP contribution in [0.4, 0.5) is 5.69 Å². The minimum atomic E-state index is 0.490. The summed E-state index contributed by atoms with van der Waals surface area (Å²) >= 11 is 12.4. The van der Waals surface area contributed by atoms with Gasteiger partial charge < -0.3 is 10.5 Å². The normalized spacial score (nSPS) is 10.5. The first kappa shape index (κ1) is 14.0. The van der Waals surface area contributed by atoms with Crippen LogP contribution in [-0.2, 0) is 0 Å². The maximum atomic E-state index is 6.26. The fraction of sp³-hybridized carbons (Fsp3) is 0.214. The van der Waals surface area contributed by atoms with Gasteiger partial charge in [-0.2, -0.15) is 0 Å². The highest BCUT2D eigenvalue weighted by Crippen LogP contribution is 2.38. The molecule has 0 bridgehead atoms. The summed E-state index contributed by atoms with van der Waals surface area (Å²) in [4.78, 5) is 4.28. The van der Waals surface area contributed by atoms with Crippen LogP contribution in [0, 0.1) is 6.92 Å². The molecular weight excluding hydrogens is 283 g/mol. The van der Waals surface area contributed by atoms with E-state index in [1.54, 1.807) is 18.3 Å². The lowest BCUT2D eigenvalue weighted by molar-refractivity contribution is 0.340. The number of nitrogens with two attached hydrogens (primary N) is 1. The summed E-state index contributed by atoms with van der Waals surface area (Å²) in [7, 11) is 0. The van der Waals surface area contributed by atoms with Crippen molar-refractivity contribution in [2.24, 2.45) is 0 Å². The SMILES string of the molecule is CCOc1cc(Cl)c(-c2nccc(C)c2N)cc1Cl. The van der Waals surface area contributed by atoms with Gasteiger partial charge in [-0.25, -0.2) is 0 Å². The zero-order chi connectivity index (χ0) is 14.0. The molecule has 0 aliphatic carbocycles. The third-order valence-electron chi connectivity index (χ3n) is 2.78. The van der Waals surface area contributed by atoms with Gasteiger partial charge >= 0.3 is 0 Å². The van der Waals surface area contributed by atoms with E-state index in [0.717, 1.165) is 5.56 Å². The summed E-state index contributed by atoms with van der Waals surface area (Å²) in [6.07, 6.45) is 1.70. The largest absolute Gasteiger partial charge is 0.492 e. The van der Waals surface area contributed by atoms with E-state index in [1.165, 1.54) is 0 Å². The Hall–Kier alpha value is -1.45. The Morgan fingerprint density at radius 1 is 1.26 bits per heavy atom. The molecule has 1 aromatic heterocycles. The van der Waals surface area contributed by atoms with E-state index in [4.69, 9.17) is 33.7 Å². The van der Waals surface area contributed by atoms with Crippen molar-refractivity contribution in [2.45, 2.75) is 13.8 Å². The predicted molar refractivity (Wildman–Crippen MR) is 80.0 cm³/mol. The van der Waals surface area contributed by atoms with Crippen LogP contribution in [0.25, 0.3) is 11.3 Å². The van der Waals surface area contributed by atoms with Crippen LogP contribution >= 0.6 is 23.2 Å². The molecule has 0 amide bonds. The molecule has 0 spiro atoms. The van der Waals surface area contributed by atoms with Gasteiger partial charge in [-0.1, -0.05) is 23.2 Å². The second-order valence-corrected chi connectivity index (χ2v) is 4.90. The summed E-state index contributed by atoms with van der Waals surface area (Å²) in [5.41, 5.74) is 8.93. The van der Waals surface area contributed by atoms with E-state index in [1.807, 2.05) is 19.9 Å². The maximum absolute atomic E-state index is 6.26. The van der Waals surface area contributed by atoms with E-state index in [0.29, 0.717) is 39.3 Å². The molecule has 2 rings (SSSR count). The zero-order valence-electron chi connectivity index (χ0n) is 10.7. The highest BCUT2D eigenvalue weighted by molar-refractivity contribution is 6.36. The molecule has 2 aromatic rings. The standard InChI is InChI=1S/C14H14Cl2N2O/c1-3-19-12-7-10(15)9(6-11(12)16)14-13(17)8(2)4-5-18-14/h4-7H,3,17H2,1-2H3. The van der Waals surface area contributed by atoms with Crippen molar-refractivity contribution in [2.75, 3.05) is 12.3 Å². The minimum Gasteiger partial charge on any atom is -0.492 e. The molecule has 5 heteroatoms. The number of hydrogen-bond donors (Lipinski definition) is 1. The average molecular weight is 297 g/mol. The molecule has 0 saturated carbocycles. The predicted octanol–water partition coefficient (Wildman–Crippen LogP) is 4.34. The lowest BCUT2D eigenvalue weighted by Crippen LogP contribution is -1.98. The first-order valence-electron chi connectivity index (χ1n) is 5.88. The number of ether oxygens (including phenoxy) is 1. The number of nitrogens with zero attached hydrogens (tertiary/aromatic N) is 1. The van der Waals surface area contributed by atoms with E-state index in [9.17, 15) is 0 Å². The number of anilines is 1. The average Bonchev–Trinajstić information content (AvgIpc) is 2.37. The van der Waals surface area contributed by atoms with E-state index < -0.39 is 0 Å². The van der Waals surface area contributed by atoms with Crippen molar-refractivity contribution in [3.63, 3.8) is 0 Å². The topological polar surface area (TPSA) is 48.1 Å². The van der Waals surface area contributed by atoms with Crippen LogP contribution in [0.5, 0.6) is 5.75 Å². The molecule has 0 unspecified atom stereocenters. The smallest absolute Gasteiger partial charge is 0.139 e. The van der Waals surface area contributed by atoms with Crippen LogP contribution in [0.2, 0.25) is 10.0 Å². The molecule has 19 heavy (non-hydrogen) atoms. The fourth-order valence-electron chi connectivity index (χ4n) is 1.76. The minimum absolute atomic E-state index is 0.490. The van der Waals surface area contributed by atoms with Gasteiger partial charge in [0.1, 0.15) is 5.75 Å². The summed E-state index contributed by atoms with van der Waals surface area (Å²) in [6, 6.07) is 5.27. The Morgan fingerprint density at radius 2 is 2.00 bits per heavy atom. The van der Waals surface area contributed by atoms with Gasteiger partial charge in [0.05, 0.1) is 28.0 Å². The molecule has 0 aliphatic heterocycles. The Balaban J connectivity index is 2.57. The molecule has 1 heterocycles. The Kier molecular flexibility index (Phi) is 4.17. The number of rotatable bonds is 3. The van der Waals surface area contributed by atoms with E-state index in [2.05, 4.69) is 4.98 Å². The summed E-state index contributed by atoms with van der Waals surface area (Å²) in [6.45, 7) is 4.34. The maximum Gasteiger partial charge on any atom is 0.139 e. The van der Waals surface area contributed by atoms with Crippen LogP contribution in [0.3, 0.4) is 0 Å². The fourth-order valence-corrected chi connectivity index (χ4v) is 2.22. The lowest BCUT2D eigenvalue weighted by Gasteiger charge is -2.12. The molecule has 1 aromatic carbocycles. The van der Waals surface area contributed by atoms with Crippen LogP contribution in [-0.4, -0.2) is 11.6 Å². The van der Waals surface area contributed by atoms with Crippen molar-refractivity contribution in [1.29, 1.82) is 0 Å². The van der Waals surface area contributed by atoms with E-state index >= 15 is 0 Å². The van der Waals surface area contributed by atoms with Crippen LogP contribution in [0.15, 0.2) is 24.4 Å². The summed E-state index contributed by atoms with van der Waals surface area (Å²) in [5, 5.41) is 1.00. The second kappa shape index (κ2) is 5.68. The van der Waals surface area contributed by atoms with Crippen molar-refractivity contribution >= 4 is 28.9 Å². The van der Waals surface area contributed by atoms with Gasteiger partial charge in [-0.3, -0.25) is 4.98 Å². The molecule has 2 N–H and O–H groups in total. The number of hydrogen-bond acceptors (Lipinski definition) is 3. The first-order chi connectivity index (χ1) is 9.04. The Morgan fingerprint density at radius 3 is 2.68 bits per heavy atom. The molecule has 0 radical (unpaired) electrons. The monoisotopic (exact) mass is 296 g/mol. The van der Waals surface area contributed by atoms with Gasteiger partial charge in [-0.15, -0.1) is 0 Å². The van der Waals surface area contributed by atoms with Gasteiger partial charge in [-0.05, 0) is 31.5 Å². The first-order valence-corrected chi connectivity index (χ1v) is 6.63. The third-order valence-corrected chi connectivity index (χ3v) is 3.39. The molecule has 0 saturated heterocycles. The highest BCUT2D eigenvalue weighted by Gasteiger charge is 2.14. The summed E-state index contributed by atoms with van der Waals surface area (Å²) in [5.74, 6) is 0.559. The Labute approximate surface area is 122 Å². The zero-order valence-corrected chi connectivity index (χ0v) is 12.2. The molecular formula is C14H14Cl2N2O. The molecule has 100 valence electrons. The van der Waals surface area contributed by atoms with Crippen molar-refractivity contribution in [1.82, 2.24) is 4.98 Å². The van der Waals surface area contributed by atoms with Crippen molar-refractivity contribution < 1.29 is 4.74 Å². The van der Waals surface area contributed by atoms with Crippen LogP contribution in [0.1, 0.15) is 12.5 Å². The lowest BCUT2D eigenvalue weighted by atomic mass is 10.1. The highest BCUT2D eigenvalue weighted by atomic mass is 35.5. The van der Waals surface area contributed by atoms with Gasteiger partial charge in [0.2, 0.25) is 0 Å². The van der Waals surface area contributed by atoms with Gasteiger partial charge in [0.25, 0.3) is 0 Å².